The number of amides is 1. The molecule has 0 saturated carbocycles. The van der Waals surface area contributed by atoms with Crippen molar-refractivity contribution in [1.82, 2.24) is 10.2 Å². The second kappa shape index (κ2) is 7.79. The van der Waals surface area contributed by atoms with E-state index in [2.05, 4.69) is 15.5 Å². The van der Waals surface area contributed by atoms with Crippen LogP contribution in [0.5, 0.6) is 0 Å². The van der Waals surface area contributed by atoms with Gasteiger partial charge in [0.05, 0.1) is 16.9 Å². The summed E-state index contributed by atoms with van der Waals surface area (Å²) in [5.74, 6) is 0.276. The summed E-state index contributed by atoms with van der Waals surface area (Å²) in [6.45, 7) is 3.86. The maximum Gasteiger partial charge on any atom is 0.270 e. The average molecular weight is 400 g/mol. The number of aryl methyl sites for hydroxylation is 2. The van der Waals surface area contributed by atoms with E-state index in [0.29, 0.717) is 5.82 Å². The Labute approximate surface area is 172 Å². The van der Waals surface area contributed by atoms with E-state index in [1.54, 1.807) is 12.1 Å². The van der Waals surface area contributed by atoms with Crippen molar-refractivity contribution in [3.63, 3.8) is 0 Å². The Morgan fingerprint density at radius 2 is 1.77 bits per heavy atom. The van der Waals surface area contributed by atoms with Crippen molar-refractivity contribution in [1.29, 1.82) is 0 Å². The summed E-state index contributed by atoms with van der Waals surface area (Å²) in [7, 11) is 0. The zero-order chi connectivity index (χ0) is 21.3. The number of H-pyrrole nitrogens is 1. The van der Waals surface area contributed by atoms with Gasteiger partial charge in [-0.3, -0.25) is 20.0 Å². The predicted octanol–water partition coefficient (Wildman–Crippen LogP) is 4.94. The number of anilines is 1. The van der Waals surface area contributed by atoms with Crippen LogP contribution in [0.15, 0.2) is 60.7 Å². The highest BCUT2D eigenvalue weighted by atomic mass is 16.6. The van der Waals surface area contributed by atoms with Gasteiger partial charge >= 0.3 is 0 Å². The number of non-ortho nitro benzene ring substituents is 1. The van der Waals surface area contributed by atoms with E-state index in [-0.39, 0.29) is 18.0 Å². The van der Waals surface area contributed by atoms with Crippen molar-refractivity contribution < 1.29 is 9.72 Å². The fourth-order valence-corrected chi connectivity index (χ4v) is 3.53. The molecule has 0 aliphatic heterocycles. The summed E-state index contributed by atoms with van der Waals surface area (Å²) >= 11 is 0. The molecule has 4 rings (SSSR count). The second-order valence-corrected chi connectivity index (χ2v) is 7.25. The Bertz CT molecular complexity index is 1260. The van der Waals surface area contributed by atoms with Gasteiger partial charge in [0.15, 0.2) is 5.82 Å². The van der Waals surface area contributed by atoms with Crippen LogP contribution in [-0.4, -0.2) is 21.0 Å². The van der Waals surface area contributed by atoms with Gasteiger partial charge in [0.2, 0.25) is 5.91 Å². The lowest BCUT2D eigenvalue weighted by atomic mass is 9.94. The summed E-state index contributed by atoms with van der Waals surface area (Å²) in [6, 6.07) is 18.2. The number of rotatable bonds is 5. The third-order valence-corrected chi connectivity index (χ3v) is 5.10. The first-order valence-corrected chi connectivity index (χ1v) is 9.50. The Balaban J connectivity index is 1.71. The molecule has 0 unspecified atom stereocenters. The Morgan fingerprint density at radius 3 is 2.50 bits per heavy atom. The molecular weight excluding hydrogens is 380 g/mol. The minimum absolute atomic E-state index is 0.0404. The highest BCUT2D eigenvalue weighted by Crippen LogP contribution is 2.34. The number of benzene rings is 3. The highest BCUT2D eigenvalue weighted by molar-refractivity contribution is 6.02. The van der Waals surface area contributed by atoms with Gasteiger partial charge < -0.3 is 5.32 Å². The molecule has 1 aromatic heterocycles. The van der Waals surface area contributed by atoms with Crippen molar-refractivity contribution in [2.75, 3.05) is 5.32 Å². The smallest absolute Gasteiger partial charge is 0.270 e. The van der Waals surface area contributed by atoms with Crippen LogP contribution >= 0.6 is 0 Å². The van der Waals surface area contributed by atoms with Gasteiger partial charge in [-0.05, 0) is 53.8 Å². The zero-order valence-electron chi connectivity index (χ0n) is 16.6. The normalized spacial score (nSPS) is 10.9. The molecular formula is C23H20N4O3. The third-order valence-electron chi connectivity index (χ3n) is 5.10. The standard InChI is InChI=1S/C23H20N4O3/c1-14-8-9-17(27(29)30)12-18(14)19-13-20-21(10-15(19)2)25-26-23(20)24-22(28)11-16-6-4-3-5-7-16/h3-10,12-13H,11H2,1-2H3,(H2,24,25,26,28). The van der Waals surface area contributed by atoms with Crippen LogP contribution in [0.4, 0.5) is 11.5 Å². The maximum absolute atomic E-state index is 12.5. The van der Waals surface area contributed by atoms with Gasteiger partial charge in [0.25, 0.3) is 5.69 Å². The summed E-state index contributed by atoms with van der Waals surface area (Å²) in [6.07, 6.45) is 0.248. The number of carbonyl (C=O) groups is 1. The molecule has 2 N–H and O–H groups in total. The largest absolute Gasteiger partial charge is 0.308 e. The molecule has 30 heavy (non-hydrogen) atoms. The van der Waals surface area contributed by atoms with E-state index >= 15 is 0 Å². The van der Waals surface area contributed by atoms with Crippen LogP contribution in [0.1, 0.15) is 16.7 Å². The molecule has 0 radical (unpaired) electrons. The Morgan fingerprint density at radius 1 is 1.03 bits per heavy atom. The van der Waals surface area contributed by atoms with Gasteiger partial charge in [0, 0.05) is 17.5 Å². The molecule has 150 valence electrons. The first kappa shape index (κ1) is 19.3. The zero-order valence-corrected chi connectivity index (χ0v) is 16.6. The van der Waals surface area contributed by atoms with Crippen LogP contribution < -0.4 is 5.32 Å². The molecule has 1 heterocycles. The number of nitro benzene ring substituents is 1. The minimum atomic E-state index is -0.399. The number of carbonyl (C=O) groups excluding carboxylic acids is 1. The molecule has 7 heteroatoms. The van der Waals surface area contributed by atoms with Crippen molar-refractivity contribution >= 4 is 28.3 Å². The lowest BCUT2D eigenvalue weighted by Crippen LogP contribution is -2.14. The maximum atomic E-state index is 12.5. The summed E-state index contributed by atoms with van der Waals surface area (Å²) in [5, 5.41) is 22.0. The van der Waals surface area contributed by atoms with Crippen LogP contribution in [0, 0.1) is 24.0 Å². The van der Waals surface area contributed by atoms with Gasteiger partial charge in [0.1, 0.15) is 0 Å². The van der Waals surface area contributed by atoms with Gasteiger partial charge in [-0.1, -0.05) is 36.4 Å². The topological polar surface area (TPSA) is 101 Å². The van der Waals surface area contributed by atoms with Crippen molar-refractivity contribution in [3.8, 4) is 11.1 Å². The average Bonchev–Trinajstić information content (AvgIpc) is 3.09. The molecule has 1 amide bonds. The van der Waals surface area contributed by atoms with E-state index in [9.17, 15) is 14.9 Å². The number of hydrogen-bond acceptors (Lipinski definition) is 4. The van der Waals surface area contributed by atoms with E-state index in [1.165, 1.54) is 6.07 Å². The summed E-state index contributed by atoms with van der Waals surface area (Å²) < 4.78 is 0. The molecule has 4 aromatic rings. The number of hydrogen-bond donors (Lipinski definition) is 2. The molecule has 7 nitrogen and oxygen atoms in total. The van der Waals surface area contributed by atoms with Gasteiger partial charge in [-0.15, -0.1) is 0 Å². The quantitative estimate of drug-likeness (QED) is 0.366. The minimum Gasteiger partial charge on any atom is -0.308 e. The first-order chi connectivity index (χ1) is 14.4. The number of fused-ring (bicyclic) bond motifs is 1. The Hall–Kier alpha value is -4.00. The van der Waals surface area contributed by atoms with Crippen molar-refractivity contribution in [3.05, 3.63) is 87.5 Å². The van der Waals surface area contributed by atoms with Crippen LogP contribution in [0.2, 0.25) is 0 Å². The van der Waals surface area contributed by atoms with E-state index in [4.69, 9.17) is 0 Å². The van der Waals surface area contributed by atoms with E-state index in [0.717, 1.165) is 38.7 Å². The molecule has 0 fully saturated rings. The molecule has 0 aliphatic rings. The monoisotopic (exact) mass is 400 g/mol. The van der Waals surface area contributed by atoms with Gasteiger partial charge in [-0.2, -0.15) is 5.10 Å². The Kier molecular flexibility index (Phi) is 5.02. The molecule has 0 aliphatic carbocycles. The van der Waals surface area contributed by atoms with E-state index < -0.39 is 4.92 Å². The predicted molar refractivity (Wildman–Crippen MR) is 116 cm³/mol. The number of nitro groups is 1. The fraction of sp³-hybridized carbons (Fsp3) is 0.130. The fourth-order valence-electron chi connectivity index (χ4n) is 3.53. The third kappa shape index (κ3) is 3.77. The number of nitrogens with one attached hydrogen (secondary N) is 2. The molecule has 0 spiro atoms. The van der Waals surface area contributed by atoms with Crippen LogP contribution in [0.25, 0.3) is 22.0 Å². The lowest BCUT2D eigenvalue weighted by Gasteiger charge is -2.10. The molecule has 0 atom stereocenters. The highest BCUT2D eigenvalue weighted by Gasteiger charge is 2.16. The second-order valence-electron chi connectivity index (χ2n) is 7.25. The lowest BCUT2D eigenvalue weighted by molar-refractivity contribution is -0.384. The van der Waals surface area contributed by atoms with Crippen LogP contribution in [0.3, 0.4) is 0 Å². The van der Waals surface area contributed by atoms with Crippen molar-refractivity contribution in [2.24, 2.45) is 0 Å². The summed E-state index contributed by atoms with van der Waals surface area (Å²) in [5.41, 5.74) is 5.28. The molecule has 3 aromatic carbocycles. The number of aromatic amines is 1. The molecule has 0 bridgehead atoms. The summed E-state index contributed by atoms with van der Waals surface area (Å²) in [4.78, 5) is 23.3. The number of nitrogens with zero attached hydrogens (tertiary/aromatic N) is 2. The van der Waals surface area contributed by atoms with Crippen LogP contribution in [-0.2, 0) is 11.2 Å². The van der Waals surface area contributed by atoms with E-state index in [1.807, 2.05) is 56.3 Å². The SMILES string of the molecule is Cc1ccc([N+](=O)[O-])cc1-c1cc2c(NC(=O)Cc3ccccc3)n[nH]c2cc1C. The van der Waals surface area contributed by atoms with Crippen molar-refractivity contribution in [2.45, 2.75) is 20.3 Å². The van der Waals surface area contributed by atoms with Gasteiger partial charge in [-0.25, -0.2) is 0 Å². The molecule has 0 saturated heterocycles. The first-order valence-electron chi connectivity index (χ1n) is 9.50. The number of aromatic nitrogens is 2.